The van der Waals surface area contributed by atoms with Crippen molar-refractivity contribution in [1.82, 2.24) is 9.13 Å². The van der Waals surface area contributed by atoms with Crippen molar-refractivity contribution in [1.29, 1.82) is 0 Å². The Hall–Kier alpha value is -2.50. The fraction of sp³-hybridized carbons (Fsp3) is 0.444. The Labute approximate surface area is 137 Å². The molecule has 2 heterocycles. The maximum absolute atomic E-state index is 12.6. The summed E-state index contributed by atoms with van der Waals surface area (Å²) in [6, 6.07) is 2.78. The van der Waals surface area contributed by atoms with Crippen molar-refractivity contribution in [3.8, 4) is 0 Å². The van der Waals surface area contributed by atoms with E-state index in [0.717, 1.165) is 0 Å². The average Bonchev–Trinajstić information content (AvgIpc) is 2.81. The van der Waals surface area contributed by atoms with Crippen molar-refractivity contribution >= 4 is 21.5 Å². The van der Waals surface area contributed by atoms with Crippen LogP contribution in [-0.4, -0.2) is 9.13 Å². The second-order valence-corrected chi connectivity index (χ2v) is 8.18. The Morgan fingerprint density at radius 1 is 0.542 bits per heavy atom. The van der Waals surface area contributed by atoms with Crippen LogP contribution in [0, 0.1) is 0 Å². The van der Waals surface area contributed by atoms with E-state index in [9.17, 15) is 19.2 Å². The van der Waals surface area contributed by atoms with E-state index in [0.29, 0.717) is 0 Å². The lowest BCUT2D eigenvalue weighted by molar-refractivity contribution is 0.380. The average molecular weight is 328 g/mol. The predicted octanol–water partition coefficient (Wildman–Crippen LogP) is 1.42. The molecule has 0 unspecified atom stereocenters. The fourth-order valence-electron chi connectivity index (χ4n) is 3.19. The highest BCUT2D eigenvalue weighted by Gasteiger charge is 2.27. The van der Waals surface area contributed by atoms with Crippen molar-refractivity contribution in [3.63, 3.8) is 0 Å². The van der Waals surface area contributed by atoms with Crippen LogP contribution in [0.3, 0.4) is 0 Å². The molecule has 0 aliphatic heterocycles. The minimum atomic E-state index is -0.677. The number of fused-ring (bicyclic) bond motifs is 2. The van der Waals surface area contributed by atoms with E-state index in [4.69, 9.17) is 0 Å². The van der Waals surface area contributed by atoms with E-state index in [-0.39, 0.29) is 21.5 Å². The SMILES string of the molecule is CC(C)(C)n1c(=O)c2cc3c(=O)n(C(C)(C)C)c(=O)c3cc2c1=O. The number of rotatable bonds is 0. The minimum Gasteiger partial charge on any atom is -0.269 e. The second kappa shape index (κ2) is 4.53. The molecule has 0 spiro atoms. The third-order valence-corrected chi connectivity index (χ3v) is 4.23. The van der Waals surface area contributed by atoms with E-state index in [1.807, 2.05) is 0 Å². The summed E-state index contributed by atoms with van der Waals surface area (Å²) in [5.41, 5.74) is -3.08. The third-order valence-electron chi connectivity index (χ3n) is 4.23. The zero-order valence-corrected chi connectivity index (χ0v) is 14.7. The van der Waals surface area contributed by atoms with Gasteiger partial charge < -0.3 is 0 Å². The van der Waals surface area contributed by atoms with Gasteiger partial charge in [-0.3, -0.25) is 28.3 Å². The lowest BCUT2D eigenvalue weighted by Crippen LogP contribution is -2.39. The third kappa shape index (κ3) is 2.02. The van der Waals surface area contributed by atoms with Gasteiger partial charge in [0.15, 0.2) is 0 Å². The van der Waals surface area contributed by atoms with Gasteiger partial charge in [0.05, 0.1) is 21.5 Å². The molecule has 0 bridgehead atoms. The number of hydrogen-bond acceptors (Lipinski definition) is 4. The zero-order valence-electron chi connectivity index (χ0n) is 14.7. The zero-order chi connectivity index (χ0) is 18.2. The normalized spacial score (nSPS) is 13.2. The van der Waals surface area contributed by atoms with Gasteiger partial charge in [0.25, 0.3) is 22.2 Å². The van der Waals surface area contributed by atoms with Gasteiger partial charge in [0.1, 0.15) is 0 Å². The predicted molar refractivity (Wildman–Crippen MR) is 94.9 cm³/mol. The van der Waals surface area contributed by atoms with Crippen molar-refractivity contribution in [2.45, 2.75) is 52.6 Å². The number of hydrogen-bond donors (Lipinski definition) is 0. The highest BCUT2D eigenvalue weighted by molar-refractivity contribution is 5.97. The first-order valence-corrected chi connectivity index (χ1v) is 7.81. The largest absolute Gasteiger partial charge is 0.269 e. The molecular formula is C18H20N2O4. The molecule has 1 aromatic carbocycles. The number of benzene rings is 1. The van der Waals surface area contributed by atoms with Crippen LogP contribution in [0.2, 0.25) is 0 Å². The maximum Gasteiger partial charge on any atom is 0.262 e. The molecule has 0 radical (unpaired) electrons. The highest BCUT2D eigenvalue weighted by Crippen LogP contribution is 2.19. The Kier molecular flexibility index (Phi) is 3.09. The van der Waals surface area contributed by atoms with E-state index >= 15 is 0 Å². The lowest BCUT2D eigenvalue weighted by atomic mass is 10.1. The Bertz CT molecular complexity index is 1020. The molecule has 126 valence electrons. The first-order chi connectivity index (χ1) is 10.9. The van der Waals surface area contributed by atoms with Crippen molar-refractivity contribution in [2.75, 3.05) is 0 Å². The first-order valence-electron chi connectivity index (χ1n) is 7.81. The van der Waals surface area contributed by atoms with Crippen LogP contribution in [0.1, 0.15) is 41.5 Å². The molecule has 24 heavy (non-hydrogen) atoms. The molecule has 0 amide bonds. The Morgan fingerprint density at radius 3 is 0.917 bits per heavy atom. The summed E-state index contributed by atoms with van der Waals surface area (Å²) in [5, 5.41) is 0.743. The van der Waals surface area contributed by atoms with Crippen molar-refractivity contribution < 1.29 is 0 Å². The van der Waals surface area contributed by atoms with Crippen LogP contribution >= 0.6 is 0 Å². The van der Waals surface area contributed by atoms with Gasteiger partial charge in [-0.2, -0.15) is 0 Å². The number of nitrogens with zero attached hydrogens (tertiary/aromatic N) is 2. The molecule has 0 atom stereocenters. The topological polar surface area (TPSA) is 78.1 Å². The molecule has 0 aliphatic rings. The first kappa shape index (κ1) is 16.4. The van der Waals surface area contributed by atoms with Crippen LogP contribution < -0.4 is 22.2 Å². The molecule has 0 saturated heterocycles. The molecule has 6 heteroatoms. The monoisotopic (exact) mass is 328 g/mol. The number of aromatic nitrogens is 2. The molecule has 2 aromatic heterocycles. The van der Waals surface area contributed by atoms with Crippen LogP contribution in [0.15, 0.2) is 31.3 Å². The van der Waals surface area contributed by atoms with Crippen molar-refractivity contribution in [3.05, 3.63) is 53.5 Å². The van der Waals surface area contributed by atoms with E-state index in [1.165, 1.54) is 21.3 Å². The van der Waals surface area contributed by atoms with Crippen LogP contribution in [-0.2, 0) is 11.1 Å². The summed E-state index contributed by atoms with van der Waals surface area (Å²) in [5.74, 6) is 0. The molecule has 6 nitrogen and oxygen atoms in total. The lowest BCUT2D eigenvalue weighted by Gasteiger charge is -2.18. The molecule has 0 fully saturated rings. The van der Waals surface area contributed by atoms with E-state index in [1.54, 1.807) is 41.5 Å². The quantitative estimate of drug-likeness (QED) is 0.625. The minimum absolute atomic E-state index is 0.186. The van der Waals surface area contributed by atoms with Crippen LogP contribution in [0.4, 0.5) is 0 Å². The summed E-state index contributed by atoms with van der Waals surface area (Å²) in [4.78, 5) is 50.5. The Balaban J connectivity index is 2.58. The second-order valence-electron chi connectivity index (χ2n) is 8.18. The summed E-state index contributed by atoms with van der Waals surface area (Å²) in [6.45, 7) is 10.6. The molecule has 3 aromatic rings. The smallest absolute Gasteiger partial charge is 0.262 e. The molecular weight excluding hydrogens is 308 g/mol. The standard InChI is InChI=1S/C18H20N2O4/c1-17(2,3)19-13(21)9-7-11-12(8-10(9)14(19)22)16(24)20(15(11)23)18(4,5)6/h7-8H,1-6H3. The summed E-state index contributed by atoms with van der Waals surface area (Å²) < 4.78 is 2.34. The van der Waals surface area contributed by atoms with Crippen LogP contribution in [0.5, 0.6) is 0 Å². The van der Waals surface area contributed by atoms with Crippen LogP contribution in [0.25, 0.3) is 21.5 Å². The summed E-state index contributed by atoms with van der Waals surface area (Å²) >= 11 is 0. The molecule has 3 rings (SSSR count). The van der Waals surface area contributed by atoms with E-state index < -0.39 is 33.3 Å². The van der Waals surface area contributed by atoms with Gasteiger partial charge in [-0.15, -0.1) is 0 Å². The van der Waals surface area contributed by atoms with Crippen molar-refractivity contribution in [2.24, 2.45) is 0 Å². The maximum atomic E-state index is 12.6. The van der Waals surface area contributed by atoms with Gasteiger partial charge in [0, 0.05) is 11.1 Å². The fourth-order valence-corrected chi connectivity index (χ4v) is 3.19. The molecule has 0 saturated carbocycles. The highest BCUT2D eigenvalue weighted by atomic mass is 16.2. The van der Waals surface area contributed by atoms with Gasteiger partial charge in [0.2, 0.25) is 0 Å². The van der Waals surface area contributed by atoms with Gasteiger partial charge >= 0.3 is 0 Å². The molecule has 0 aliphatic carbocycles. The van der Waals surface area contributed by atoms with Gasteiger partial charge in [-0.1, -0.05) is 0 Å². The van der Waals surface area contributed by atoms with E-state index in [2.05, 4.69) is 0 Å². The molecule has 0 N–H and O–H groups in total. The van der Waals surface area contributed by atoms with Gasteiger partial charge in [-0.25, -0.2) is 0 Å². The summed E-state index contributed by atoms with van der Waals surface area (Å²) in [7, 11) is 0. The van der Waals surface area contributed by atoms with Gasteiger partial charge in [-0.05, 0) is 53.7 Å². The Morgan fingerprint density at radius 2 is 0.750 bits per heavy atom. The summed E-state index contributed by atoms with van der Waals surface area (Å²) in [6.07, 6.45) is 0.